The second-order valence-corrected chi connectivity index (χ2v) is 8.33. The summed E-state index contributed by atoms with van der Waals surface area (Å²) in [6, 6.07) is 15.9. The molecule has 0 radical (unpaired) electrons. The van der Waals surface area contributed by atoms with Gasteiger partial charge in [0.05, 0.1) is 18.8 Å². The van der Waals surface area contributed by atoms with Gasteiger partial charge in [0, 0.05) is 12.0 Å². The van der Waals surface area contributed by atoms with E-state index < -0.39 is 0 Å². The highest BCUT2D eigenvalue weighted by atomic mass is 16.5. The van der Waals surface area contributed by atoms with Crippen molar-refractivity contribution in [2.75, 3.05) is 25.0 Å². The van der Waals surface area contributed by atoms with Crippen LogP contribution < -0.4 is 10.1 Å². The molecule has 2 aromatic carbocycles. The lowest BCUT2D eigenvalue weighted by Gasteiger charge is -2.37. The maximum Gasteiger partial charge on any atom is 0.310 e. The highest BCUT2D eigenvalue weighted by Crippen LogP contribution is 2.29. The summed E-state index contributed by atoms with van der Waals surface area (Å²) in [6.45, 7) is 6.97. The fraction of sp³-hybridized carbons (Fsp3) is 0.440. The number of likely N-dealkylation sites (tertiary alicyclic amines) is 1. The lowest BCUT2D eigenvalue weighted by Crippen LogP contribution is -2.52. The Hall–Kier alpha value is -2.66. The lowest BCUT2D eigenvalue weighted by atomic mass is 10.1. The number of nitrogens with one attached hydrogen (secondary N) is 1. The van der Waals surface area contributed by atoms with Gasteiger partial charge in [0.2, 0.25) is 0 Å². The van der Waals surface area contributed by atoms with Crippen molar-refractivity contribution in [2.45, 2.75) is 52.5 Å². The summed E-state index contributed by atoms with van der Waals surface area (Å²) in [5, 5.41) is 3.05. The second kappa shape index (κ2) is 10.4. The molecule has 0 atom stereocenters. The maximum absolute atomic E-state index is 13.2. The first kappa shape index (κ1) is 22.0. The van der Waals surface area contributed by atoms with Gasteiger partial charge in [0.15, 0.2) is 12.3 Å². The predicted octanol–water partition coefficient (Wildman–Crippen LogP) is 4.84. The van der Waals surface area contributed by atoms with E-state index in [0.717, 1.165) is 42.5 Å². The average molecular weight is 410 g/mol. The summed E-state index contributed by atoms with van der Waals surface area (Å²) in [5.74, 6) is 0.0767. The Morgan fingerprint density at radius 1 is 0.967 bits per heavy atom. The van der Waals surface area contributed by atoms with E-state index >= 15 is 0 Å². The van der Waals surface area contributed by atoms with E-state index in [9.17, 15) is 9.59 Å². The summed E-state index contributed by atoms with van der Waals surface area (Å²) in [7, 11) is 0. The smallest absolute Gasteiger partial charge is 0.310 e. The van der Waals surface area contributed by atoms with Crippen LogP contribution >= 0.6 is 0 Å². The minimum atomic E-state index is -0.309. The molecule has 1 heterocycles. The third kappa shape index (κ3) is 5.92. The highest BCUT2D eigenvalue weighted by molar-refractivity contribution is 5.94. The Balaban J connectivity index is 1.79. The second-order valence-electron chi connectivity index (χ2n) is 8.33. The minimum Gasteiger partial charge on any atom is -0.424 e. The molecule has 1 aliphatic rings. The molecule has 0 bridgehead atoms. The summed E-state index contributed by atoms with van der Waals surface area (Å²) in [5.41, 5.74) is 2.74. The first-order chi connectivity index (χ1) is 14.5. The Kier molecular flexibility index (Phi) is 7.63. The van der Waals surface area contributed by atoms with Crippen molar-refractivity contribution < 1.29 is 18.8 Å². The number of benzene rings is 2. The van der Waals surface area contributed by atoms with Gasteiger partial charge in [-0.2, -0.15) is 0 Å². The maximum atomic E-state index is 13.2. The molecule has 3 rings (SSSR count). The number of carbonyl (C=O) groups is 2. The van der Waals surface area contributed by atoms with Gasteiger partial charge in [-0.25, -0.2) is 0 Å². The van der Waals surface area contributed by atoms with Crippen molar-refractivity contribution in [2.24, 2.45) is 0 Å². The third-order valence-corrected chi connectivity index (χ3v) is 5.87. The van der Waals surface area contributed by atoms with Crippen LogP contribution in [0, 0.1) is 6.92 Å². The van der Waals surface area contributed by atoms with Crippen LogP contribution in [0.4, 0.5) is 5.69 Å². The van der Waals surface area contributed by atoms with E-state index in [0.29, 0.717) is 24.4 Å². The quantitative estimate of drug-likeness (QED) is 0.404. The number of aryl methyl sites for hydroxylation is 1. The number of anilines is 1. The van der Waals surface area contributed by atoms with E-state index in [-0.39, 0.29) is 11.9 Å². The van der Waals surface area contributed by atoms with Crippen molar-refractivity contribution >= 4 is 17.6 Å². The van der Waals surface area contributed by atoms with Gasteiger partial charge in [-0.05, 0) is 44.2 Å². The molecule has 1 aliphatic heterocycles. The molecular weight excluding hydrogens is 376 g/mol. The van der Waals surface area contributed by atoms with Crippen LogP contribution in [0.5, 0.6) is 5.75 Å². The van der Waals surface area contributed by atoms with Crippen LogP contribution in [0.25, 0.3) is 0 Å². The average Bonchev–Trinajstić information content (AvgIpc) is 2.96. The molecule has 0 aromatic heterocycles. The van der Waals surface area contributed by atoms with E-state index in [1.165, 1.54) is 18.4 Å². The fourth-order valence-corrected chi connectivity index (χ4v) is 4.27. The monoisotopic (exact) mass is 409 g/mol. The molecule has 0 aliphatic carbocycles. The number of esters is 1. The van der Waals surface area contributed by atoms with Crippen LogP contribution in [0.1, 0.15) is 50.2 Å². The van der Waals surface area contributed by atoms with Crippen LogP contribution in [-0.4, -0.2) is 36.0 Å². The zero-order chi connectivity index (χ0) is 21.4. The van der Waals surface area contributed by atoms with Gasteiger partial charge in [-0.15, -0.1) is 0 Å². The van der Waals surface area contributed by atoms with Crippen molar-refractivity contribution in [3.63, 3.8) is 0 Å². The molecule has 0 saturated carbocycles. The van der Waals surface area contributed by atoms with Gasteiger partial charge < -0.3 is 14.5 Å². The van der Waals surface area contributed by atoms with Crippen LogP contribution in [0.15, 0.2) is 48.5 Å². The first-order valence-corrected chi connectivity index (χ1v) is 11.0. The Bertz CT molecular complexity index is 856. The van der Waals surface area contributed by atoms with Crippen LogP contribution in [0.2, 0.25) is 0 Å². The van der Waals surface area contributed by atoms with Gasteiger partial charge >= 0.3 is 5.97 Å². The zero-order valence-corrected chi connectivity index (χ0v) is 18.2. The number of ether oxygens (including phenoxy) is 1. The molecule has 30 heavy (non-hydrogen) atoms. The Morgan fingerprint density at radius 3 is 2.33 bits per heavy atom. The normalized spacial score (nSPS) is 15.8. The molecule has 0 spiro atoms. The summed E-state index contributed by atoms with van der Waals surface area (Å²) >= 11 is 0. The first-order valence-electron chi connectivity index (χ1n) is 11.0. The number of amides is 1. The number of quaternary nitrogens is 1. The Morgan fingerprint density at radius 2 is 1.67 bits per heavy atom. The molecular formula is C25H33N2O3+. The number of hydrogen-bond acceptors (Lipinski definition) is 3. The van der Waals surface area contributed by atoms with Crippen molar-refractivity contribution in [1.29, 1.82) is 0 Å². The number of carbonyl (C=O) groups excluding carboxylic acids is 2. The molecule has 1 amide bonds. The van der Waals surface area contributed by atoms with Gasteiger partial charge in [0.25, 0.3) is 5.91 Å². The number of rotatable bonds is 7. The van der Waals surface area contributed by atoms with Crippen LogP contribution in [0.3, 0.4) is 0 Å². The number of hydrogen-bond donors (Lipinski definition) is 1. The highest BCUT2D eigenvalue weighted by Gasteiger charge is 2.32. The summed E-state index contributed by atoms with van der Waals surface area (Å²) in [6.07, 6.45) is 5.03. The molecule has 2 aromatic rings. The molecule has 160 valence electrons. The summed E-state index contributed by atoms with van der Waals surface area (Å²) in [4.78, 5) is 25.0. The fourth-order valence-electron chi connectivity index (χ4n) is 4.27. The molecule has 1 fully saturated rings. The topological polar surface area (TPSA) is 55.4 Å². The molecule has 5 heteroatoms. The molecule has 1 saturated heterocycles. The zero-order valence-electron chi connectivity index (χ0n) is 18.2. The lowest BCUT2D eigenvalue weighted by molar-refractivity contribution is -0.932. The van der Waals surface area contributed by atoms with Crippen molar-refractivity contribution in [3.05, 3.63) is 59.7 Å². The van der Waals surface area contributed by atoms with Crippen molar-refractivity contribution in [1.82, 2.24) is 0 Å². The third-order valence-electron chi connectivity index (χ3n) is 5.87. The van der Waals surface area contributed by atoms with Crippen LogP contribution in [-0.2, 0) is 16.1 Å². The Labute approximate surface area is 179 Å². The SMILES string of the molecule is CCC(=O)Oc1cccc(C)c1NC(=O)C[N+]1(Cc2ccccc2)CCCCCC1. The van der Waals surface area contributed by atoms with Gasteiger partial charge in [-0.1, -0.05) is 49.4 Å². The van der Waals surface area contributed by atoms with E-state index in [2.05, 4.69) is 29.6 Å². The summed E-state index contributed by atoms with van der Waals surface area (Å²) < 4.78 is 6.22. The standard InChI is InChI=1S/C25H32N2O3/c1-3-24(29)30-22-15-11-12-20(2)25(22)26-23(28)19-27(16-9-4-5-10-17-27)18-21-13-7-6-8-14-21/h6-8,11-15H,3-5,9-10,16-19H2,1-2H3/p+1. The van der Waals surface area contributed by atoms with E-state index in [1.807, 2.05) is 25.1 Å². The largest absolute Gasteiger partial charge is 0.424 e. The van der Waals surface area contributed by atoms with E-state index in [1.54, 1.807) is 13.0 Å². The molecule has 0 unspecified atom stereocenters. The molecule has 1 N–H and O–H groups in total. The molecule has 5 nitrogen and oxygen atoms in total. The number of para-hydroxylation sites is 1. The van der Waals surface area contributed by atoms with Crippen molar-refractivity contribution in [3.8, 4) is 5.75 Å². The van der Waals surface area contributed by atoms with Gasteiger partial charge in [-0.3, -0.25) is 9.59 Å². The minimum absolute atomic E-state index is 0.0315. The predicted molar refractivity (Wildman–Crippen MR) is 119 cm³/mol. The van der Waals surface area contributed by atoms with Gasteiger partial charge in [0.1, 0.15) is 6.54 Å². The number of nitrogens with zero attached hydrogens (tertiary/aromatic N) is 1. The van der Waals surface area contributed by atoms with E-state index in [4.69, 9.17) is 4.74 Å².